The second kappa shape index (κ2) is 6.38. The maximum atomic E-state index is 12.6. The van der Waals surface area contributed by atoms with Crippen LogP contribution in [0.1, 0.15) is 15.9 Å². The van der Waals surface area contributed by atoms with Crippen molar-refractivity contribution in [2.75, 3.05) is 7.05 Å². The van der Waals surface area contributed by atoms with Crippen LogP contribution in [0.2, 0.25) is 0 Å². The molecule has 1 aromatic heterocycles. The number of nitrogens with zero attached hydrogens (tertiary/aromatic N) is 1. The lowest BCUT2D eigenvalue weighted by atomic mass is 10.1. The van der Waals surface area contributed by atoms with Crippen LogP contribution < -0.4 is 10.9 Å². The number of hydrogen-bond acceptors (Lipinski definition) is 2. The van der Waals surface area contributed by atoms with Crippen molar-refractivity contribution in [3.8, 4) is 0 Å². The Morgan fingerprint density at radius 2 is 2.00 bits per heavy atom. The van der Waals surface area contributed by atoms with Gasteiger partial charge in [-0.2, -0.15) is 0 Å². The third-order valence-electron chi connectivity index (χ3n) is 3.71. The van der Waals surface area contributed by atoms with E-state index in [1.54, 1.807) is 29.9 Å². The monoisotopic (exact) mass is 370 g/mol. The van der Waals surface area contributed by atoms with Crippen LogP contribution in [0.15, 0.2) is 64.0 Å². The van der Waals surface area contributed by atoms with E-state index in [0.29, 0.717) is 17.5 Å². The standard InChI is InChI=1S/C18H15BrN2O2/c1-20-17(22)14-4-2-3-12(9-14)11-21-8-7-13-10-15(19)5-6-16(13)18(21)23/h2-10H,11H2,1H3,(H,20,22). The molecule has 0 saturated heterocycles. The molecule has 0 spiro atoms. The lowest BCUT2D eigenvalue weighted by Gasteiger charge is -2.09. The second-order valence-corrected chi connectivity index (χ2v) is 6.18. The fourth-order valence-electron chi connectivity index (χ4n) is 2.54. The van der Waals surface area contributed by atoms with Crippen LogP contribution in [0, 0.1) is 0 Å². The van der Waals surface area contributed by atoms with Crippen LogP contribution in [0.3, 0.4) is 0 Å². The Morgan fingerprint density at radius 1 is 1.17 bits per heavy atom. The average molecular weight is 371 g/mol. The van der Waals surface area contributed by atoms with E-state index in [4.69, 9.17) is 0 Å². The predicted octanol–water partition coefficient (Wildman–Crippen LogP) is 3.17. The van der Waals surface area contributed by atoms with Gasteiger partial charge in [0, 0.05) is 28.7 Å². The van der Waals surface area contributed by atoms with E-state index in [9.17, 15) is 9.59 Å². The summed E-state index contributed by atoms with van der Waals surface area (Å²) in [7, 11) is 1.60. The molecule has 1 amide bonds. The number of fused-ring (bicyclic) bond motifs is 1. The molecule has 0 fully saturated rings. The zero-order chi connectivity index (χ0) is 16.4. The number of rotatable bonds is 3. The van der Waals surface area contributed by atoms with Crippen LogP contribution >= 0.6 is 15.9 Å². The van der Waals surface area contributed by atoms with Crippen LogP contribution in [0.4, 0.5) is 0 Å². The molecule has 0 aliphatic carbocycles. The molecule has 23 heavy (non-hydrogen) atoms. The van der Waals surface area contributed by atoms with E-state index in [2.05, 4.69) is 21.2 Å². The summed E-state index contributed by atoms with van der Waals surface area (Å²) in [6.07, 6.45) is 1.78. The number of aromatic nitrogens is 1. The lowest BCUT2D eigenvalue weighted by molar-refractivity contribution is 0.0963. The molecule has 1 N–H and O–H groups in total. The van der Waals surface area contributed by atoms with E-state index in [-0.39, 0.29) is 11.5 Å². The van der Waals surface area contributed by atoms with Gasteiger partial charge < -0.3 is 9.88 Å². The van der Waals surface area contributed by atoms with Gasteiger partial charge in [-0.3, -0.25) is 9.59 Å². The molecule has 3 rings (SSSR count). The number of halogens is 1. The molecule has 0 atom stereocenters. The quantitative estimate of drug-likeness (QED) is 0.769. The highest BCUT2D eigenvalue weighted by Crippen LogP contribution is 2.17. The van der Waals surface area contributed by atoms with E-state index < -0.39 is 0 Å². The first kappa shape index (κ1) is 15.5. The molecule has 5 heteroatoms. The Morgan fingerprint density at radius 3 is 2.78 bits per heavy atom. The predicted molar refractivity (Wildman–Crippen MR) is 94.8 cm³/mol. The molecule has 0 unspecified atom stereocenters. The fraction of sp³-hybridized carbons (Fsp3) is 0.111. The Hall–Kier alpha value is -2.40. The summed E-state index contributed by atoms with van der Waals surface area (Å²) in [6, 6.07) is 14.8. The van der Waals surface area contributed by atoms with Crippen LogP contribution in [0.5, 0.6) is 0 Å². The number of nitrogens with one attached hydrogen (secondary N) is 1. The Labute approximate surface area is 141 Å². The van der Waals surface area contributed by atoms with Gasteiger partial charge in [0.15, 0.2) is 0 Å². The molecule has 0 bridgehead atoms. The lowest BCUT2D eigenvalue weighted by Crippen LogP contribution is -2.21. The van der Waals surface area contributed by atoms with Gasteiger partial charge in [-0.25, -0.2) is 0 Å². The van der Waals surface area contributed by atoms with Gasteiger partial charge >= 0.3 is 0 Å². The molecular formula is C18H15BrN2O2. The summed E-state index contributed by atoms with van der Waals surface area (Å²) < 4.78 is 2.60. The SMILES string of the molecule is CNC(=O)c1cccc(Cn2ccc3cc(Br)ccc3c2=O)c1. The number of carbonyl (C=O) groups is 1. The van der Waals surface area contributed by atoms with Gasteiger partial charge in [-0.15, -0.1) is 0 Å². The van der Waals surface area contributed by atoms with Crippen LogP contribution in [-0.4, -0.2) is 17.5 Å². The first-order valence-corrected chi connectivity index (χ1v) is 7.97. The molecule has 1 heterocycles. The van der Waals surface area contributed by atoms with Crippen molar-refractivity contribution in [3.63, 3.8) is 0 Å². The minimum atomic E-state index is -0.137. The normalized spacial score (nSPS) is 10.7. The average Bonchev–Trinajstić information content (AvgIpc) is 2.57. The molecular weight excluding hydrogens is 356 g/mol. The first-order chi connectivity index (χ1) is 11.1. The molecule has 0 aliphatic heterocycles. The second-order valence-electron chi connectivity index (χ2n) is 5.26. The van der Waals surface area contributed by atoms with Crippen molar-refractivity contribution in [1.29, 1.82) is 0 Å². The Bertz CT molecular complexity index is 947. The fourth-order valence-corrected chi connectivity index (χ4v) is 2.91. The summed E-state index contributed by atoms with van der Waals surface area (Å²) in [6.45, 7) is 0.426. The maximum absolute atomic E-state index is 12.6. The summed E-state index contributed by atoms with van der Waals surface area (Å²) in [5, 5.41) is 4.18. The molecule has 2 aromatic carbocycles. The highest BCUT2D eigenvalue weighted by atomic mass is 79.9. The van der Waals surface area contributed by atoms with Gasteiger partial charge in [0.2, 0.25) is 0 Å². The molecule has 0 radical (unpaired) electrons. The topological polar surface area (TPSA) is 51.1 Å². The third-order valence-corrected chi connectivity index (χ3v) is 4.20. The van der Waals surface area contributed by atoms with Crippen molar-refractivity contribution >= 4 is 32.6 Å². The maximum Gasteiger partial charge on any atom is 0.258 e. The van der Waals surface area contributed by atoms with Crippen molar-refractivity contribution < 1.29 is 4.79 Å². The number of pyridine rings is 1. The minimum absolute atomic E-state index is 0.0413. The third kappa shape index (κ3) is 3.19. The van der Waals surface area contributed by atoms with Gasteiger partial charge in [0.1, 0.15) is 0 Å². The summed E-state index contributed by atoms with van der Waals surface area (Å²) in [5.74, 6) is -0.137. The molecule has 0 aliphatic rings. The van der Waals surface area contributed by atoms with Gasteiger partial charge in [-0.05, 0) is 47.3 Å². The highest BCUT2D eigenvalue weighted by molar-refractivity contribution is 9.10. The summed E-state index contributed by atoms with van der Waals surface area (Å²) in [5.41, 5.74) is 1.45. The molecule has 116 valence electrons. The van der Waals surface area contributed by atoms with E-state index in [1.807, 2.05) is 36.4 Å². The van der Waals surface area contributed by atoms with Gasteiger partial charge in [0.05, 0.1) is 6.54 Å². The first-order valence-electron chi connectivity index (χ1n) is 7.18. The summed E-state index contributed by atoms with van der Waals surface area (Å²) in [4.78, 5) is 24.3. The van der Waals surface area contributed by atoms with Crippen LogP contribution in [-0.2, 0) is 6.54 Å². The Balaban J connectivity index is 1.99. The van der Waals surface area contributed by atoms with Crippen LogP contribution in [0.25, 0.3) is 10.8 Å². The highest BCUT2D eigenvalue weighted by Gasteiger charge is 2.07. The van der Waals surface area contributed by atoms with Crippen molar-refractivity contribution in [3.05, 3.63) is 80.7 Å². The van der Waals surface area contributed by atoms with Crippen molar-refractivity contribution in [1.82, 2.24) is 9.88 Å². The molecule has 0 saturated carbocycles. The summed E-state index contributed by atoms with van der Waals surface area (Å²) >= 11 is 3.41. The van der Waals surface area contributed by atoms with Gasteiger partial charge in [0.25, 0.3) is 11.5 Å². The zero-order valence-electron chi connectivity index (χ0n) is 12.5. The molecule has 4 nitrogen and oxygen atoms in total. The van der Waals surface area contributed by atoms with E-state index >= 15 is 0 Å². The number of hydrogen-bond donors (Lipinski definition) is 1. The smallest absolute Gasteiger partial charge is 0.258 e. The largest absolute Gasteiger partial charge is 0.355 e. The number of carbonyl (C=O) groups excluding carboxylic acids is 1. The van der Waals surface area contributed by atoms with Crippen molar-refractivity contribution in [2.24, 2.45) is 0 Å². The van der Waals surface area contributed by atoms with E-state index in [0.717, 1.165) is 15.4 Å². The number of benzene rings is 2. The van der Waals surface area contributed by atoms with Gasteiger partial charge in [-0.1, -0.05) is 28.1 Å². The number of amides is 1. The molecule has 3 aromatic rings. The zero-order valence-corrected chi connectivity index (χ0v) is 14.1. The minimum Gasteiger partial charge on any atom is -0.355 e. The van der Waals surface area contributed by atoms with Crippen molar-refractivity contribution in [2.45, 2.75) is 6.54 Å². The Kier molecular flexibility index (Phi) is 4.30. The van der Waals surface area contributed by atoms with E-state index in [1.165, 1.54) is 0 Å².